The normalized spacial score (nSPS) is 16.1. The SMILES string of the molecule is CCc1ccccc1NC(=O)CN1CCCNCC1.Cl. The lowest BCUT2D eigenvalue weighted by Crippen LogP contribution is -2.35. The molecule has 5 heteroatoms. The van der Waals surface area contributed by atoms with E-state index in [2.05, 4.69) is 28.5 Å². The fourth-order valence-electron chi connectivity index (χ4n) is 2.40. The third-order valence-corrected chi connectivity index (χ3v) is 3.47. The minimum Gasteiger partial charge on any atom is -0.325 e. The molecular formula is C15H24ClN3O. The van der Waals surface area contributed by atoms with Crippen molar-refractivity contribution >= 4 is 24.0 Å². The van der Waals surface area contributed by atoms with E-state index in [1.165, 1.54) is 5.56 Å². The van der Waals surface area contributed by atoms with Crippen molar-refractivity contribution < 1.29 is 4.79 Å². The molecule has 0 aromatic heterocycles. The monoisotopic (exact) mass is 297 g/mol. The Morgan fingerprint density at radius 3 is 2.90 bits per heavy atom. The zero-order chi connectivity index (χ0) is 13.5. The summed E-state index contributed by atoms with van der Waals surface area (Å²) in [5.74, 6) is 0.0859. The smallest absolute Gasteiger partial charge is 0.238 e. The number of rotatable bonds is 4. The Morgan fingerprint density at radius 2 is 2.10 bits per heavy atom. The first-order valence-corrected chi connectivity index (χ1v) is 7.10. The van der Waals surface area contributed by atoms with E-state index < -0.39 is 0 Å². The molecule has 1 aromatic rings. The van der Waals surface area contributed by atoms with Gasteiger partial charge in [0.2, 0.25) is 5.91 Å². The number of anilines is 1. The minimum absolute atomic E-state index is 0. The van der Waals surface area contributed by atoms with Gasteiger partial charge in [0, 0.05) is 18.8 Å². The molecule has 0 saturated carbocycles. The summed E-state index contributed by atoms with van der Waals surface area (Å²) in [6.45, 7) is 6.56. The van der Waals surface area contributed by atoms with Gasteiger partial charge in [-0.15, -0.1) is 12.4 Å². The molecule has 0 spiro atoms. The van der Waals surface area contributed by atoms with Crippen LogP contribution in [0, 0.1) is 0 Å². The second kappa shape index (κ2) is 8.95. The summed E-state index contributed by atoms with van der Waals surface area (Å²) in [5, 5.41) is 6.37. The van der Waals surface area contributed by atoms with E-state index >= 15 is 0 Å². The van der Waals surface area contributed by atoms with Gasteiger partial charge in [0.25, 0.3) is 0 Å². The maximum atomic E-state index is 12.1. The number of hydrogen-bond donors (Lipinski definition) is 2. The van der Waals surface area contributed by atoms with Crippen LogP contribution in [0.2, 0.25) is 0 Å². The third-order valence-electron chi connectivity index (χ3n) is 3.47. The summed E-state index contributed by atoms with van der Waals surface area (Å²) in [4.78, 5) is 14.3. The molecule has 2 rings (SSSR count). The Morgan fingerprint density at radius 1 is 1.30 bits per heavy atom. The van der Waals surface area contributed by atoms with Crippen LogP contribution in [-0.4, -0.2) is 43.5 Å². The van der Waals surface area contributed by atoms with Gasteiger partial charge in [-0.05, 0) is 37.6 Å². The molecule has 20 heavy (non-hydrogen) atoms. The van der Waals surface area contributed by atoms with E-state index in [9.17, 15) is 4.79 Å². The van der Waals surface area contributed by atoms with Gasteiger partial charge in [-0.2, -0.15) is 0 Å². The average Bonchev–Trinajstić information content (AvgIpc) is 2.68. The predicted molar refractivity (Wildman–Crippen MR) is 85.6 cm³/mol. The van der Waals surface area contributed by atoms with Crippen LogP contribution >= 0.6 is 12.4 Å². The van der Waals surface area contributed by atoms with E-state index in [0.29, 0.717) is 6.54 Å². The standard InChI is InChI=1S/C15H23N3O.ClH/c1-2-13-6-3-4-7-14(13)17-15(19)12-18-10-5-8-16-9-11-18;/h3-4,6-7,16H,2,5,8-12H2,1H3,(H,17,19);1H. The Bertz CT molecular complexity index is 417. The van der Waals surface area contributed by atoms with Crippen molar-refractivity contribution in [1.29, 1.82) is 0 Å². The average molecular weight is 298 g/mol. The van der Waals surface area contributed by atoms with Crippen molar-refractivity contribution in [3.05, 3.63) is 29.8 Å². The molecule has 112 valence electrons. The van der Waals surface area contributed by atoms with Gasteiger partial charge in [0.05, 0.1) is 6.54 Å². The van der Waals surface area contributed by atoms with Crippen molar-refractivity contribution in [2.45, 2.75) is 19.8 Å². The molecule has 1 saturated heterocycles. The van der Waals surface area contributed by atoms with Crippen LogP contribution in [0.4, 0.5) is 5.69 Å². The van der Waals surface area contributed by atoms with E-state index in [0.717, 1.165) is 44.7 Å². The molecule has 4 nitrogen and oxygen atoms in total. The first kappa shape index (κ1) is 17.0. The van der Waals surface area contributed by atoms with Gasteiger partial charge >= 0.3 is 0 Å². The topological polar surface area (TPSA) is 44.4 Å². The van der Waals surface area contributed by atoms with E-state index in [1.54, 1.807) is 0 Å². The lowest BCUT2D eigenvalue weighted by atomic mass is 10.1. The van der Waals surface area contributed by atoms with Crippen LogP contribution < -0.4 is 10.6 Å². The van der Waals surface area contributed by atoms with Gasteiger partial charge in [-0.25, -0.2) is 0 Å². The number of nitrogens with zero attached hydrogens (tertiary/aromatic N) is 1. The number of carbonyl (C=O) groups excluding carboxylic acids is 1. The number of hydrogen-bond acceptors (Lipinski definition) is 3. The maximum Gasteiger partial charge on any atom is 0.238 e. The second-order valence-corrected chi connectivity index (χ2v) is 4.94. The van der Waals surface area contributed by atoms with E-state index in [-0.39, 0.29) is 18.3 Å². The van der Waals surface area contributed by atoms with E-state index in [4.69, 9.17) is 0 Å². The third kappa shape index (κ3) is 5.12. The highest BCUT2D eigenvalue weighted by Gasteiger charge is 2.13. The predicted octanol–water partition coefficient (Wildman–Crippen LogP) is 1.90. The molecule has 0 bridgehead atoms. The molecule has 0 radical (unpaired) electrons. The Kier molecular flexibility index (Phi) is 7.59. The van der Waals surface area contributed by atoms with Crippen molar-refractivity contribution in [1.82, 2.24) is 10.2 Å². The zero-order valence-corrected chi connectivity index (χ0v) is 12.8. The number of benzene rings is 1. The largest absolute Gasteiger partial charge is 0.325 e. The lowest BCUT2D eigenvalue weighted by Gasteiger charge is -2.19. The fraction of sp³-hybridized carbons (Fsp3) is 0.533. The first-order chi connectivity index (χ1) is 9.29. The molecule has 1 aromatic carbocycles. The molecule has 1 aliphatic heterocycles. The van der Waals surface area contributed by atoms with Crippen LogP contribution in [0.3, 0.4) is 0 Å². The zero-order valence-electron chi connectivity index (χ0n) is 12.0. The molecule has 0 atom stereocenters. The molecule has 1 amide bonds. The first-order valence-electron chi connectivity index (χ1n) is 7.10. The number of para-hydroxylation sites is 1. The molecule has 1 heterocycles. The van der Waals surface area contributed by atoms with Gasteiger partial charge in [0.1, 0.15) is 0 Å². The number of halogens is 1. The summed E-state index contributed by atoms with van der Waals surface area (Å²) >= 11 is 0. The Balaban J connectivity index is 0.00000200. The van der Waals surface area contributed by atoms with E-state index in [1.807, 2.05) is 18.2 Å². The Labute approximate surface area is 127 Å². The number of amides is 1. The molecule has 1 aliphatic rings. The fourth-order valence-corrected chi connectivity index (χ4v) is 2.40. The summed E-state index contributed by atoms with van der Waals surface area (Å²) in [6, 6.07) is 8.01. The highest BCUT2D eigenvalue weighted by atomic mass is 35.5. The molecule has 0 unspecified atom stereocenters. The molecular weight excluding hydrogens is 274 g/mol. The summed E-state index contributed by atoms with van der Waals surface area (Å²) in [6.07, 6.45) is 2.04. The van der Waals surface area contributed by atoms with Gasteiger partial charge in [0.15, 0.2) is 0 Å². The highest BCUT2D eigenvalue weighted by Crippen LogP contribution is 2.15. The maximum absolute atomic E-state index is 12.1. The molecule has 2 N–H and O–H groups in total. The van der Waals surface area contributed by atoms with Crippen LogP contribution in [-0.2, 0) is 11.2 Å². The lowest BCUT2D eigenvalue weighted by molar-refractivity contribution is -0.117. The molecule has 0 aliphatic carbocycles. The van der Waals surface area contributed by atoms with Gasteiger partial charge < -0.3 is 10.6 Å². The number of carbonyl (C=O) groups is 1. The summed E-state index contributed by atoms with van der Waals surface area (Å²) < 4.78 is 0. The van der Waals surface area contributed by atoms with Crippen LogP contribution in [0.5, 0.6) is 0 Å². The molecule has 1 fully saturated rings. The van der Waals surface area contributed by atoms with Crippen molar-refractivity contribution in [2.24, 2.45) is 0 Å². The van der Waals surface area contributed by atoms with Gasteiger partial charge in [-0.3, -0.25) is 9.69 Å². The van der Waals surface area contributed by atoms with Crippen molar-refractivity contribution in [3.63, 3.8) is 0 Å². The van der Waals surface area contributed by atoms with Crippen molar-refractivity contribution in [2.75, 3.05) is 38.0 Å². The summed E-state index contributed by atoms with van der Waals surface area (Å²) in [5.41, 5.74) is 2.14. The van der Waals surface area contributed by atoms with Gasteiger partial charge in [-0.1, -0.05) is 25.1 Å². The number of aryl methyl sites for hydroxylation is 1. The second-order valence-electron chi connectivity index (χ2n) is 4.94. The highest BCUT2D eigenvalue weighted by molar-refractivity contribution is 5.93. The van der Waals surface area contributed by atoms with Crippen LogP contribution in [0.15, 0.2) is 24.3 Å². The number of nitrogens with one attached hydrogen (secondary N) is 2. The summed E-state index contributed by atoms with van der Waals surface area (Å²) in [7, 11) is 0. The quantitative estimate of drug-likeness (QED) is 0.892. The van der Waals surface area contributed by atoms with Crippen molar-refractivity contribution in [3.8, 4) is 0 Å². The minimum atomic E-state index is 0. The Hall–Kier alpha value is -1.10. The van der Waals surface area contributed by atoms with Crippen LogP contribution in [0.1, 0.15) is 18.9 Å². The van der Waals surface area contributed by atoms with Crippen LogP contribution in [0.25, 0.3) is 0 Å².